The SMILES string of the molecule is CC(C)OCCNC(=O)c1ccc(-c2cnc(N)c(OC(C)c3c(Cl)ccc(F)c3Cl)c2)cc1. The number of nitrogens with two attached hydrogens (primary N) is 1. The molecule has 1 atom stereocenters. The van der Waals surface area contributed by atoms with Crippen LogP contribution >= 0.6 is 23.2 Å². The highest BCUT2D eigenvalue weighted by Gasteiger charge is 2.20. The Bertz CT molecular complexity index is 1160. The predicted octanol–water partition coefficient (Wildman–Crippen LogP) is 6.07. The van der Waals surface area contributed by atoms with Crippen molar-refractivity contribution in [2.75, 3.05) is 18.9 Å². The number of amides is 1. The van der Waals surface area contributed by atoms with Crippen molar-refractivity contribution >= 4 is 34.9 Å². The summed E-state index contributed by atoms with van der Waals surface area (Å²) in [5.74, 6) is -0.309. The molecule has 1 unspecified atom stereocenters. The summed E-state index contributed by atoms with van der Waals surface area (Å²) in [7, 11) is 0. The molecule has 1 aromatic heterocycles. The number of nitrogen functional groups attached to an aromatic ring is 1. The molecule has 0 aliphatic heterocycles. The zero-order chi connectivity index (χ0) is 24.8. The molecule has 3 rings (SSSR count). The first-order valence-electron chi connectivity index (χ1n) is 10.7. The van der Waals surface area contributed by atoms with E-state index in [1.807, 2.05) is 13.8 Å². The molecule has 1 amide bonds. The first-order chi connectivity index (χ1) is 16.2. The second-order valence-corrected chi connectivity index (χ2v) is 8.66. The fourth-order valence-electron chi connectivity index (χ4n) is 3.25. The minimum Gasteiger partial charge on any atom is -0.482 e. The molecule has 0 aliphatic rings. The summed E-state index contributed by atoms with van der Waals surface area (Å²) in [6.45, 7) is 6.45. The molecule has 180 valence electrons. The van der Waals surface area contributed by atoms with E-state index in [-0.39, 0.29) is 27.9 Å². The number of hydrogen-bond donors (Lipinski definition) is 2. The quantitative estimate of drug-likeness (QED) is 0.272. The third-order valence-corrected chi connectivity index (χ3v) is 5.70. The number of carbonyl (C=O) groups is 1. The van der Waals surface area contributed by atoms with Crippen LogP contribution in [0.3, 0.4) is 0 Å². The Labute approximate surface area is 208 Å². The van der Waals surface area contributed by atoms with Crippen molar-refractivity contribution in [3.05, 3.63) is 75.7 Å². The molecule has 0 spiro atoms. The molecule has 2 aromatic carbocycles. The van der Waals surface area contributed by atoms with E-state index in [2.05, 4.69) is 10.3 Å². The summed E-state index contributed by atoms with van der Waals surface area (Å²) >= 11 is 12.3. The second-order valence-electron chi connectivity index (χ2n) is 7.88. The van der Waals surface area contributed by atoms with Crippen LogP contribution in [0.25, 0.3) is 11.1 Å². The lowest BCUT2D eigenvalue weighted by molar-refractivity contribution is 0.0746. The minimum atomic E-state index is -0.680. The molecule has 0 saturated heterocycles. The molecule has 0 bridgehead atoms. The van der Waals surface area contributed by atoms with Gasteiger partial charge in [0.1, 0.15) is 11.9 Å². The maximum absolute atomic E-state index is 13.9. The zero-order valence-electron chi connectivity index (χ0n) is 19.1. The highest BCUT2D eigenvalue weighted by molar-refractivity contribution is 6.36. The number of nitrogens with zero attached hydrogens (tertiary/aromatic N) is 1. The Balaban J connectivity index is 1.74. The molecule has 0 saturated carbocycles. The summed E-state index contributed by atoms with van der Waals surface area (Å²) in [6, 6.07) is 11.4. The van der Waals surface area contributed by atoms with Crippen LogP contribution in [-0.4, -0.2) is 30.1 Å². The average molecular weight is 506 g/mol. The van der Waals surface area contributed by atoms with Gasteiger partial charge in [-0.05, 0) is 56.7 Å². The van der Waals surface area contributed by atoms with Gasteiger partial charge in [0.15, 0.2) is 11.6 Å². The van der Waals surface area contributed by atoms with Crippen LogP contribution in [0.1, 0.15) is 42.8 Å². The molecule has 3 aromatic rings. The smallest absolute Gasteiger partial charge is 0.251 e. The van der Waals surface area contributed by atoms with E-state index in [9.17, 15) is 9.18 Å². The summed E-state index contributed by atoms with van der Waals surface area (Å²) in [6.07, 6.45) is 1.04. The van der Waals surface area contributed by atoms with Gasteiger partial charge < -0.3 is 20.5 Å². The van der Waals surface area contributed by atoms with Gasteiger partial charge in [-0.1, -0.05) is 35.3 Å². The van der Waals surface area contributed by atoms with E-state index in [0.29, 0.717) is 30.0 Å². The molecule has 1 heterocycles. The number of pyridine rings is 1. The third kappa shape index (κ3) is 6.38. The van der Waals surface area contributed by atoms with E-state index in [1.165, 1.54) is 12.1 Å². The number of hydrogen-bond acceptors (Lipinski definition) is 5. The van der Waals surface area contributed by atoms with Crippen LogP contribution in [0, 0.1) is 5.82 Å². The number of rotatable bonds is 9. The van der Waals surface area contributed by atoms with Crippen molar-refractivity contribution in [1.82, 2.24) is 10.3 Å². The first kappa shape index (κ1) is 25.7. The van der Waals surface area contributed by atoms with Crippen LogP contribution in [0.5, 0.6) is 5.75 Å². The molecule has 9 heteroatoms. The normalized spacial score (nSPS) is 12.0. The summed E-state index contributed by atoms with van der Waals surface area (Å²) in [4.78, 5) is 16.5. The van der Waals surface area contributed by atoms with Gasteiger partial charge in [0.05, 0.1) is 17.7 Å². The van der Waals surface area contributed by atoms with Gasteiger partial charge in [-0.2, -0.15) is 0 Å². The van der Waals surface area contributed by atoms with Gasteiger partial charge in [-0.15, -0.1) is 0 Å². The van der Waals surface area contributed by atoms with E-state index < -0.39 is 11.9 Å². The maximum Gasteiger partial charge on any atom is 0.251 e. The van der Waals surface area contributed by atoms with Crippen molar-refractivity contribution < 1.29 is 18.7 Å². The van der Waals surface area contributed by atoms with Crippen molar-refractivity contribution in [1.29, 1.82) is 0 Å². The highest BCUT2D eigenvalue weighted by atomic mass is 35.5. The minimum absolute atomic E-state index is 0.104. The summed E-state index contributed by atoms with van der Waals surface area (Å²) in [5, 5.41) is 3.00. The molecular formula is C25H26Cl2FN3O3. The molecule has 0 fully saturated rings. The van der Waals surface area contributed by atoms with Crippen LogP contribution in [0.2, 0.25) is 10.0 Å². The number of halogens is 3. The lowest BCUT2D eigenvalue weighted by atomic mass is 10.0. The zero-order valence-corrected chi connectivity index (χ0v) is 20.6. The fourth-order valence-corrected chi connectivity index (χ4v) is 3.93. The lowest BCUT2D eigenvalue weighted by Crippen LogP contribution is -2.27. The number of aromatic nitrogens is 1. The third-order valence-electron chi connectivity index (χ3n) is 4.99. The number of ether oxygens (including phenoxy) is 2. The molecular weight excluding hydrogens is 480 g/mol. The standard InChI is InChI=1S/C25H26Cl2FN3O3/c1-14(2)33-11-10-30-25(32)17-6-4-16(5-7-17)18-12-21(24(29)31-13-18)34-15(3)22-19(26)8-9-20(28)23(22)27/h4-9,12-15H,10-11H2,1-3H3,(H2,29,31)(H,30,32). The van der Waals surface area contributed by atoms with Gasteiger partial charge in [0, 0.05) is 34.5 Å². The van der Waals surface area contributed by atoms with Crippen LogP contribution in [0.4, 0.5) is 10.2 Å². The number of nitrogens with one attached hydrogen (secondary N) is 1. The fraction of sp³-hybridized carbons (Fsp3) is 0.280. The van der Waals surface area contributed by atoms with Gasteiger partial charge in [-0.3, -0.25) is 4.79 Å². The summed E-state index contributed by atoms with van der Waals surface area (Å²) < 4.78 is 25.3. The Morgan fingerprint density at radius 2 is 1.82 bits per heavy atom. The van der Waals surface area contributed by atoms with E-state index in [1.54, 1.807) is 43.5 Å². The number of carbonyl (C=O) groups excluding carboxylic acids is 1. The highest BCUT2D eigenvalue weighted by Crippen LogP contribution is 2.37. The van der Waals surface area contributed by atoms with E-state index in [4.69, 9.17) is 38.4 Å². The average Bonchev–Trinajstić information content (AvgIpc) is 2.80. The lowest BCUT2D eigenvalue weighted by Gasteiger charge is -2.19. The first-order valence-corrected chi connectivity index (χ1v) is 11.5. The number of anilines is 1. The summed E-state index contributed by atoms with van der Waals surface area (Å²) in [5.41, 5.74) is 8.39. The van der Waals surface area contributed by atoms with E-state index in [0.717, 1.165) is 11.1 Å². The van der Waals surface area contributed by atoms with Crippen molar-refractivity contribution in [3.63, 3.8) is 0 Å². The number of benzene rings is 2. The van der Waals surface area contributed by atoms with Crippen molar-refractivity contribution in [2.24, 2.45) is 0 Å². The van der Waals surface area contributed by atoms with Gasteiger partial charge in [-0.25, -0.2) is 9.37 Å². The Hall–Kier alpha value is -2.87. The van der Waals surface area contributed by atoms with Gasteiger partial charge >= 0.3 is 0 Å². The molecule has 6 nitrogen and oxygen atoms in total. The molecule has 3 N–H and O–H groups in total. The maximum atomic E-state index is 13.9. The van der Waals surface area contributed by atoms with Gasteiger partial charge in [0.2, 0.25) is 0 Å². The Morgan fingerprint density at radius 3 is 2.50 bits per heavy atom. The van der Waals surface area contributed by atoms with Crippen LogP contribution in [-0.2, 0) is 4.74 Å². The van der Waals surface area contributed by atoms with E-state index >= 15 is 0 Å². The molecule has 34 heavy (non-hydrogen) atoms. The predicted molar refractivity (Wildman–Crippen MR) is 133 cm³/mol. The topological polar surface area (TPSA) is 86.5 Å². The van der Waals surface area contributed by atoms with Gasteiger partial charge in [0.25, 0.3) is 5.91 Å². The molecule has 0 aliphatic carbocycles. The van der Waals surface area contributed by atoms with Crippen LogP contribution < -0.4 is 15.8 Å². The molecule has 0 radical (unpaired) electrons. The van der Waals surface area contributed by atoms with Crippen molar-refractivity contribution in [2.45, 2.75) is 33.0 Å². The second kappa shape index (κ2) is 11.5. The monoisotopic (exact) mass is 505 g/mol. The van der Waals surface area contributed by atoms with Crippen molar-refractivity contribution in [3.8, 4) is 16.9 Å². The Kier molecular flexibility index (Phi) is 8.72. The van der Waals surface area contributed by atoms with Crippen LogP contribution in [0.15, 0.2) is 48.7 Å². The largest absolute Gasteiger partial charge is 0.482 e. The Morgan fingerprint density at radius 1 is 1.12 bits per heavy atom.